The van der Waals surface area contributed by atoms with Crippen LogP contribution in [0.25, 0.3) is 77.3 Å². The zero-order valence-corrected chi connectivity index (χ0v) is 23.8. The molecular formula is C41H28N2. The molecule has 0 radical (unpaired) electrons. The monoisotopic (exact) mass is 548 g/mol. The van der Waals surface area contributed by atoms with Gasteiger partial charge < -0.3 is 0 Å². The normalized spacial score (nSPS) is 11.4. The smallest absolute Gasteiger partial charge is 0.160 e. The Labute approximate surface area is 251 Å². The number of aryl methyl sites for hydroxylation is 1. The minimum Gasteiger partial charge on any atom is -0.228 e. The maximum Gasteiger partial charge on any atom is 0.160 e. The lowest BCUT2D eigenvalue weighted by atomic mass is 9.94. The van der Waals surface area contributed by atoms with Gasteiger partial charge in [0.1, 0.15) is 0 Å². The van der Waals surface area contributed by atoms with Crippen molar-refractivity contribution in [1.29, 1.82) is 0 Å². The van der Waals surface area contributed by atoms with E-state index in [1.54, 1.807) is 0 Å². The van der Waals surface area contributed by atoms with Gasteiger partial charge in [-0.15, -0.1) is 0 Å². The van der Waals surface area contributed by atoms with Crippen LogP contribution >= 0.6 is 0 Å². The van der Waals surface area contributed by atoms with Crippen LogP contribution in [0.4, 0.5) is 0 Å². The molecule has 0 saturated heterocycles. The second-order valence-electron chi connectivity index (χ2n) is 11.1. The van der Waals surface area contributed by atoms with E-state index in [9.17, 15) is 0 Å². The van der Waals surface area contributed by atoms with Gasteiger partial charge in [-0.1, -0.05) is 140 Å². The number of benzene rings is 7. The van der Waals surface area contributed by atoms with Gasteiger partial charge in [-0.3, -0.25) is 0 Å². The van der Waals surface area contributed by atoms with E-state index in [-0.39, 0.29) is 0 Å². The van der Waals surface area contributed by atoms with Crippen LogP contribution < -0.4 is 0 Å². The Kier molecular flexibility index (Phi) is 6.05. The standard InChI is InChI=1S/C41H28N2/c1-27-35-13-7-5-9-28(35)21-23-36(27)30-15-18-32(19-16-30)41-42-39(31-11-3-2-4-12-31)26-40(43-41)34-22-24-38-33(25-34)20-17-29-10-6-8-14-37(29)38/h2-26H,1H3. The van der Waals surface area contributed by atoms with Crippen molar-refractivity contribution >= 4 is 32.3 Å². The predicted molar refractivity (Wildman–Crippen MR) is 181 cm³/mol. The average molecular weight is 549 g/mol. The van der Waals surface area contributed by atoms with Crippen molar-refractivity contribution in [3.05, 3.63) is 157 Å². The largest absolute Gasteiger partial charge is 0.228 e. The highest BCUT2D eigenvalue weighted by Crippen LogP contribution is 2.34. The van der Waals surface area contributed by atoms with Crippen molar-refractivity contribution < 1.29 is 0 Å². The Morgan fingerprint density at radius 3 is 1.72 bits per heavy atom. The molecule has 8 rings (SSSR count). The quantitative estimate of drug-likeness (QED) is 0.204. The number of fused-ring (bicyclic) bond motifs is 4. The van der Waals surface area contributed by atoms with E-state index in [1.807, 2.05) is 6.07 Å². The van der Waals surface area contributed by atoms with Gasteiger partial charge in [0, 0.05) is 16.7 Å². The Hall–Kier alpha value is -5.60. The van der Waals surface area contributed by atoms with Gasteiger partial charge in [0.25, 0.3) is 0 Å². The molecule has 0 atom stereocenters. The fourth-order valence-electron chi connectivity index (χ4n) is 6.19. The van der Waals surface area contributed by atoms with Crippen LogP contribution in [0.3, 0.4) is 0 Å². The maximum absolute atomic E-state index is 5.12. The van der Waals surface area contributed by atoms with Gasteiger partial charge >= 0.3 is 0 Å². The summed E-state index contributed by atoms with van der Waals surface area (Å²) in [7, 11) is 0. The van der Waals surface area contributed by atoms with Crippen molar-refractivity contribution in [3.8, 4) is 45.0 Å². The van der Waals surface area contributed by atoms with Gasteiger partial charge in [0.2, 0.25) is 0 Å². The number of rotatable bonds is 4. The molecule has 2 nitrogen and oxygen atoms in total. The molecule has 1 heterocycles. The van der Waals surface area contributed by atoms with Crippen LogP contribution in [0.2, 0.25) is 0 Å². The second-order valence-corrected chi connectivity index (χ2v) is 11.1. The fourth-order valence-corrected chi connectivity index (χ4v) is 6.19. The molecule has 1 aromatic heterocycles. The van der Waals surface area contributed by atoms with Crippen molar-refractivity contribution in [1.82, 2.24) is 9.97 Å². The summed E-state index contributed by atoms with van der Waals surface area (Å²) in [6, 6.07) is 53.7. The van der Waals surface area contributed by atoms with Crippen molar-refractivity contribution in [3.63, 3.8) is 0 Å². The first kappa shape index (κ1) is 25.1. The van der Waals surface area contributed by atoms with E-state index in [1.165, 1.54) is 49.0 Å². The summed E-state index contributed by atoms with van der Waals surface area (Å²) < 4.78 is 0. The van der Waals surface area contributed by atoms with E-state index >= 15 is 0 Å². The zero-order valence-electron chi connectivity index (χ0n) is 23.8. The molecule has 8 aromatic rings. The average Bonchev–Trinajstić information content (AvgIpc) is 3.08. The summed E-state index contributed by atoms with van der Waals surface area (Å²) in [5.74, 6) is 0.719. The van der Waals surface area contributed by atoms with Crippen LogP contribution in [-0.2, 0) is 0 Å². The second kappa shape index (κ2) is 10.3. The molecule has 0 N–H and O–H groups in total. The van der Waals surface area contributed by atoms with Crippen LogP contribution in [0, 0.1) is 6.92 Å². The lowest BCUT2D eigenvalue weighted by Gasteiger charge is -2.12. The number of aromatic nitrogens is 2. The number of nitrogens with zero attached hydrogens (tertiary/aromatic N) is 2. The molecule has 2 heteroatoms. The summed E-state index contributed by atoms with van der Waals surface area (Å²) in [5, 5.41) is 7.52. The van der Waals surface area contributed by atoms with Gasteiger partial charge in [0.05, 0.1) is 11.4 Å². The third-order valence-electron chi connectivity index (χ3n) is 8.49. The molecule has 0 saturated carbocycles. The van der Waals surface area contributed by atoms with E-state index < -0.39 is 0 Å². The zero-order chi connectivity index (χ0) is 28.8. The highest BCUT2D eigenvalue weighted by molar-refractivity contribution is 6.08. The first-order chi connectivity index (χ1) is 21.2. The van der Waals surface area contributed by atoms with Crippen LogP contribution in [0.1, 0.15) is 5.56 Å². The molecule has 0 spiro atoms. The maximum atomic E-state index is 5.12. The highest BCUT2D eigenvalue weighted by Gasteiger charge is 2.13. The van der Waals surface area contributed by atoms with Gasteiger partial charge in [-0.25, -0.2) is 9.97 Å². The van der Waals surface area contributed by atoms with Gasteiger partial charge in [-0.05, 0) is 68.1 Å². The Balaban J connectivity index is 1.24. The van der Waals surface area contributed by atoms with E-state index in [0.717, 1.165) is 33.9 Å². The molecule has 0 unspecified atom stereocenters. The molecular weight excluding hydrogens is 520 g/mol. The summed E-state index contributed by atoms with van der Waals surface area (Å²) in [4.78, 5) is 10.2. The molecule has 0 aliphatic carbocycles. The lowest BCUT2D eigenvalue weighted by Crippen LogP contribution is -1.96. The third-order valence-corrected chi connectivity index (χ3v) is 8.49. The van der Waals surface area contributed by atoms with Crippen molar-refractivity contribution in [2.75, 3.05) is 0 Å². The van der Waals surface area contributed by atoms with E-state index in [0.29, 0.717) is 0 Å². The number of hydrogen-bond donors (Lipinski definition) is 0. The van der Waals surface area contributed by atoms with E-state index in [4.69, 9.17) is 9.97 Å². The predicted octanol–water partition coefficient (Wildman–Crippen LogP) is 10.9. The minimum atomic E-state index is 0.719. The van der Waals surface area contributed by atoms with Gasteiger partial charge in [0.15, 0.2) is 5.82 Å². The molecule has 43 heavy (non-hydrogen) atoms. The fraction of sp³-hybridized carbons (Fsp3) is 0.0244. The summed E-state index contributed by atoms with van der Waals surface area (Å²) in [5.41, 5.74) is 8.69. The molecule has 0 fully saturated rings. The summed E-state index contributed by atoms with van der Waals surface area (Å²) in [6.45, 7) is 2.21. The third kappa shape index (κ3) is 4.54. The van der Waals surface area contributed by atoms with E-state index in [2.05, 4.69) is 153 Å². The SMILES string of the molecule is Cc1c(-c2ccc(-c3nc(-c4ccccc4)cc(-c4ccc5c(ccc6ccccc65)c4)n3)cc2)ccc2ccccc12. The molecule has 0 aliphatic heterocycles. The molecule has 0 amide bonds. The Bertz CT molecular complexity index is 2280. The van der Waals surface area contributed by atoms with Crippen LogP contribution in [0.15, 0.2) is 152 Å². The molecule has 202 valence electrons. The van der Waals surface area contributed by atoms with Crippen LogP contribution in [-0.4, -0.2) is 9.97 Å². The minimum absolute atomic E-state index is 0.719. The molecule has 0 aliphatic rings. The summed E-state index contributed by atoms with van der Waals surface area (Å²) >= 11 is 0. The molecule has 7 aromatic carbocycles. The Morgan fingerprint density at radius 2 is 0.930 bits per heavy atom. The topological polar surface area (TPSA) is 25.8 Å². The van der Waals surface area contributed by atoms with Crippen molar-refractivity contribution in [2.24, 2.45) is 0 Å². The highest BCUT2D eigenvalue weighted by atomic mass is 14.9. The van der Waals surface area contributed by atoms with Gasteiger partial charge in [-0.2, -0.15) is 0 Å². The van der Waals surface area contributed by atoms with Crippen LogP contribution in [0.5, 0.6) is 0 Å². The lowest BCUT2D eigenvalue weighted by molar-refractivity contribution is 1.18. The Morgan fingerprint density at radius 1 is 0.372 bits per heavy atom. The van der Waals surface area contributed by atoms with Crippen molar-refractivity contribution in [2.45, 2.75) is 6.92 Å². The first-order valence-electron chi connectivity index (χ1n) is 14.7. The summed E-state index contributed by atoms with van der Waals surface area (Å²) in [6.07, 6.45) is 0. The first-order valence-corrected chi connectivity index (χ1v) is 14.7. The number of hydrogen-bond acceptors (Lipinski definition) is 2. The molecule has 0 bridgehead atoms.